The third-order valence-corrected chi connectivity index (χ3v) is 5.65. The maximum atomic E-state index is 13.4. The first-order valence-electron chi connectivity index (χ1n) is 9.33. The minimum absolute atomic E-state index is 0.150. The molecule has 29 heavy (non-hydrogen) atoms. The van der Waals surface area contributed by atoms with Crippen LogP contribution in [-0.2, 0) is 14.3 Å². The van der Waals surface area contributed by atoms with Crippen LogP contribution in [0.2, 0.25) is 0 Å². The molecule has 8 heteroatoms. The highest BCUT2D eigenvalue weighted by Crippen LogP contribution is 2.47. The van der Waals surface area contributed by atoms with Gasteiger partial charge in [0.2, 0.25) is 11.9 Å². The molecule has 0 bridgehead atoms. The molecule has 4 atom stereocenters. The lowest BCUT2D eigenvalue weighted by Gasteiger charge is -2.43. The zero-order valence-corrected chi connectivity index (χ0v) is 15.8. The van der Waals surface area contributed by atoms with Gasteiger partial charge in [-0.3, -0.25) is 19.7 Å². The number of nitro groups is 1. The Morgan fingerprint density at radius 2 is 1.86 bits per heavy atom. The number of nitrogens with zero attached hydrogens (tertiary/aromatic N) is 2. The number of carbonyl (C=O) groups excluding carboxylic acids is 2. The van der Waals surface area contributed by atoms with Gasteiger partial charge in [0.25, 0.3) is 0 Å². The van der Waals surface area contributed by atoms with Crippen LogP contribution >= 0.6 is 0 Å². The van der Waals surface area contributed by atoms with Crippen LogP contribution in [0.25, 0.3) is 0 Å². The lowest BCUT2D eigenvalue weighted by atomic mass is 9.72. The number of methoxy groups -OCH3 is 1. The number of hydrogen-bond acceptors (Lipinski definition) is 6. The topological polar surface area (TPSA) is 99.0 Å². The van der Waals surface area contributed by atoms with E-state index in [1.165, 1.54) is 12.0 Å². The van der Waals surface area contributed by atoms with E-state index in [9.17, 15) is 19.7 Å². The van der Waals surface area contributed by atoms with Crippen LogP contribution in [0, 0.1) is 16.0 Å². The number of hydrogen-bond donors (Lipinski definition) is 0. The van der Waals surface area contributed by atoms with Gasteiger partial charge in [0.05, 0.1) is 19.6 Å². The predicted molar refractivity (Wildman–Crippen MR) is 102 cm³/mol. The van der Waals surface area contributed by atoms with Crippen molar-refractivity contribution < 1.29 is 24.0 Å². The van der Waals surface area contributed by atoms with Crippen LogP contribution in [0.4, 0.5) is 0 Å². The van der Waals surface area contributed by atoms with Gasteiger partial charge in [-0.05, 0) is 11.6 Å². The molecule has 2 heterocycles. The average Bonchev–Trinajstić information content (AvgIpc) is 2.93. The normalized spacial score (nSPS) is 25.8. The summed E-state index contributed by atoms with van der Waals surface area (Å²) in [5.41, 5.74) is 1.13. The fourth-order valence-electron chi connectivity index (χ4n) is 4.44. The Bertz CT molecular complexity index is 947. The molecule has 0 aromatic heterocycles. The van der Waals surface area contributed by atoms with Crippen molar-refractivity contribution >= 4 is 11.9 Å². The third kappa shape index (κ3) is 3.10. The molecule has 1 fully saturated rings. The van der Waals surface area contributed by atoms with Gasteiger partial charge >= 0.3 is 5.97 Å². The number of amides is 1. The van der Waals surface area contributed by atoms with E-state index >= 15 is 0 Å². The molecule has 0 unspecified atom stereocenters. The molecule has 1 amide bonds. The number of carbonyl (C=O) groups is 2. The molecule has 0 radical (unpaired) electrons. The molecule has 2 aromatic rings. The van der Waals surface area contributed by atoms with Crippen molar-refractivity contribution in [3.05, 3.63) is 75.8 Å². The first-order valence-corrected chi connectivity index (χ1v) is 9.33. The van der Waals surface area contributed by atoms with Crippen LogP contribution in [0.15, 0.2) is 54.6 Å². The highest BCUT2D eigenvalue weighted by atomic mass is 16.6. The smallest absolute Gasteiger partial charge is 0.319 e. The third-order valence-electron chi connectivity index (χ3n) is 5.65. The first kappa shape index (κ1) is 18.9. The van der Waals surface area contributed by atoms with E-state index in [2.05, 4.69) is 0 Å². The van der Waals surface area contributed by atoms with Crippen LogP contribution in [0.1, 0.15) is 23.1 Å². The Hall–Kier alpha value is -3.42. The highest BCUT2D eigenvalue weighted by Gasteiger charge is 2.59. The molecule has 1 saturated heterocycles. The number of benzene rings is 2. The summed E-state index contributed by atoms with van der Waals surface area (Å²) in [4.78, 5) is 39.4. The molecule has 0 spiro atoms. The Kier molecular flexibility index (Phi) is 4.92. The molecular weight excluding hydrogens is 376 g/mol. The Labute approximate surface area is 167 Å². The summed E-state index contributed by atoms with van der Waals surface area (Å²) in [6.07, 6.45) is 0. The minimum Gasteiger partial charge on any atom is -0.491 e. The second-order valence-electron chi connectivity index (χ2n) is 7.08. The maximum absolute atomic E-state index is 13.4. The predicted octanol–water partition coefficient (Wildman–Crippen LogP) is 2.18. The number of rotatable bonds is 3. The van der Waals surface area contributed by atoms with Crippen molar-refractivity contribution in [2.24, 2.45) is 5.92 Å². The van der Waals surface area contributed by atoms with Crippen molar-refractivity contribution in [3.8, 4) is 5.75 Å². The highest BCUT2D eigenvalue weighted by molar-refractivity contribution is 6.00. The summed E-state index contributed by atoms with van der Waals surface area (Å²) >= 11 is 0. The van der Waals surface area contributed by atoms with Gasteiger partial charge in [-0.2, -0.15) is 0 Å². The maximum Gasteiger partial charge on any atom is 0.319 e. The van der Waals surface area contributed by atoms with Crippen LogP contribution in [-0.4, -0.2) is 48.0 Å². The molecule has 0 aliphatic carbocycles. The monoisotopic (exact) mass is 396 g/mol. The van der Waals surface area contributed by atoms with Gasteiger partial charge in [0.1, 0.15) is 24.3 Å². The van der Waals surface area contributed by atoms with Crippen molar-refractivity contribution in [1.29, 1.82) is 0 Å². The summed E-state index contributed by atoms with van der Waals surface area (Å²) in [5.74, 6) is -2.98. The number of piperidine rings is 1. The number of ether oxygens (including phenoxy) is 2. The quantitative estimate of drug-likeness (QED) is 0.341. The fourth-order valence-corrected chi connectivity index (χ4v) is 4.44. The molecule has 150 valence electrons. The molecule has 2 aliphatic heterocycles. The summed E-state index contributed by atoms with van der Waals surface area (Å²) in [5, 5.41) is 12.4. The Morgan fingerprint density at radius 3 is 2.55 bits per heavy atom. The summed E-state index contributed by atoms with van der Waals surface area (Å²) in [6, 6.07) is 13.6. The molecule has 0 N–H and O–H groups in total. The Morgan fingerprint density at radius 1 is 1.17 bits per heavy atom. The molecule has 2 aromatic carbocycles. The average molecular weight is 396 g/mol. The molecular formula is C21H20N2O6. The van der Waals surface area contributed by atoms with E-state index in [1.807, 2.05) is 0 Å². The van der Waals surface area contributed by atoms with Gasteiger partial charge in [0.15, 0.2) is 0 Å². The van der Waals surface area contributed by atoms with E-state index in [1.54, 1.807) is 54.6 Å². The van der Waals surface area contributed by atoms with E-state index in [4.69, 9.17) is 9.47 Å². The minimum atomic E-state index is -1.29. The summed E-state index contributed by atoms with van der Waals surface area (Å²) in [6.45, 7) is 0.338. The lowest BCUT2D eigenvalue weighted by Crippen LogP contribution is -2.58. The molecule has 0 saturated carbocycles. The molecule has 4 rings (SSSR count). The van der Waals surface area contributed by atoms with Crippen molar-refractivity contribution in [2.45, 2.75) is 18.0 Å². The van der Waals surface area contributed by atoms with Gasteiger partial charge < -0.3 is 14.4 Å². The largest absolute Gasteiger partial charge is 0.491 e. The van der Waals surface area contributed by atoms with Crippen molar-refractivity contribution in [1.82, 2.24) is 4.90 Å². The molecule has 8 nitrogen and oxygen atoms in total. The number of fused-ring (bicyclic) bond motifs is 3. The van der Waals surface area contributed by atoms with Gasteiger partial charge in [-0.15, -0.1) is 0 Å². The van der Waals surface area contributed by atoms with E-state index < -0.39 is 35.8 Å². The molecule has 2 aliphatic rings. The van der Waals surface area contributed by atoms with E-state index in [0.29, 0.717) is 16.9 Å². The number of esters is 1. The SMILES string of the molecule is COC(=O)[C@H]1C(=O)N2CCOc3ccccc3[C@@H]2[C@@H]([N+](=O)[O-])[C@@H]1c1ccccc1. The summed E-state index contributed by atoms with van der Waals surface area (Å²) < 4.78 is 10.6. The van der Waals surface area contributed by atoms with Gasteiger partial charge in [-0.25, -0.2) is 0 Å². The number of para-hydroxylation sites is 1. The van der Waals surface area contributed by atoms with Gasteiger partial charge in [-0.1, -0.05) is 48.5 Å². The first-order chi connectivity index (χ1) is 14.0. The van der Waals surface area contributed by atoms with E-state index in [0.717, 1.165) is 0 Å². The van der Waals surface area contributed by atoms with E-state index in [-0.39, 0.29) is 18.1 Å². The Balaban J connectivity index is 1.94. The van der Waals surface area contributed by atoms with Crippen LogP contribution in [0.5, 0.6) is 5.75 Å². The lowest BCUT2D eigenvalue weighted by molar-refractivity contribution is -0.538. The standard InChI is InChI=1S/C21H20N2O6/c1-28-21(25)17-16(13-7-3-2-4-8-13)19(23(26)27)18-14-9-5-6-10-15(14)29-12-11-22(18)20(17)24/h2-10,16-19H,11-12H2,1H3/t16-,17-,18-,19+/m1/s1. The zero-order valence-electron chi connectivity index (χ0n) is 15.8. The second-order valence-corrected chi connectivity index (χ2v) is 7.08. The summed E-state index contributed by atoms with van der Waals surface area (Å²) in [7, 11) is 1.19. The fraction of sp³-hybridized carbons (Fsp3) is 0.333. The van der Waals surface area contributed by atoms with Crippen molar-refractivity contribution in [2.75, 3.05) is 20.3 Å². The van der Waals surface area contributed by atoms with Crippen LogP contribution < -0.4 is 4.74 Å². The van der Waals surface area contributed by atoms with Crippen molar-refractivity contribution in [3.63, 3.8) is 0 Å². The second kappa shape index (κ2) is 7.54. The van der Waals surface area contributed by atoms with Crippen LogP contribution in [0.3, 0.4) is 0 Å². The van der Waals surface area contributed by atoms with Gasteiger partial charge in [0, 0.05) is 10.5 Å². The zero-order chi connectivity index (χ0) is 20.5.